The van der Waals surface area contributed by atoms with E-state index < -0.39 is 10.0 Å². The van der Waals surface area contributed by atoms with Crippen LogP contribution in [-0.2, 0) is 22.9 Å². The summed E-state index contributed by atoms with van der Waals surface area (Å²) in [5, 5.41) is 3.80. The first kappa shape index (κ1) is 14.2. The molecule has 0 aromatic carbocycles. The maximum atomic E-state index is 12.1. The normalized spacial score (nSPS) is 20.0. The van der Waals surface area contributed by atoms with Crippen molar-refractivity contribution < 1.29 is 8.42 Å². The fourth-order valence-corrected chi connectivity index (χ4v) is 4.96. The zero-order valence-corrected chi connectivity index (χ0v) is 13.0. The van der Waals surface area contributed by atoms with E-state index in [2.05, 4.69) is 19.9 Å². The van der Waals surface area contributed by atoms with Gasteiger partial charge in [0.2, 0.25) is 10.0 Å². The smallest absolute Gasteiger partial charge is 0.235 e. The number of nitrogens with one attached hydrogen (secondary N) is 2. The van der Waals surface area contributed by atoms with Gasteiger partial charge in [-0.1, -0.05) is 0 Å². The molecule has 6 nitrogen and oxygen atoms in total. The molecule has 2 aliphatic rings. The van der Waals surface area contributed by atoms with Crippen LogP contribution in [0, 0.1) is 0 Å². The van der Waals surface area contributed by atoms with Crippen molar-refractivity contribution in [3.8, 4) is 0 Å². The van der Waals surface area contributed by atoms with Gasteiger partial charge in [-0.15, -0.1) is 11.3 Å². The summed E-state index contributed by atoms with van der Waals surface area (Å²) in [5.41, 5.74) is 1.08. The van der Waals surface area contributed by atoms with Gasteiger partial charge in [-0.2, -0.15) is 0 Å². The molecule has 1 fully saturated rings. The summed E-state index contributed by atoms with van der Waals surface area (Å²) in [5.74, 6) is 0.136. The summed E-state index contributed by atoms with van der Waals surface area (Å²) in [6, 6.07) is 0. The number of hydrogen-bond donors (Lipinski definition) is 2. The number of thiazole rings is 1. The molecule has 1 aromatic heterocycles. The number of sulfonamides is 1. The monoisotopic (exact) mass is 316 g/mol. The summed E-state index contributed by atoms with van der Waals surface area (Å²) in [7, 11) is -3.29. The molecule has 1 aliphatic heterocycles. The van der Waals surface area contributed by atoms with Crippen LogP contribution in [-0.4, -0.2) is 56.8 Å². The van der Waals surface area contributed by atoms with Crippen molar-refractivity contribution in [2.45, 2.75) is 19.3 Å². The van der Waals surface area contributed by atoms with Crippen molar-refractivity contribution in [2.24, 2.45) is 0 Å². The van der Waals surface area contributed by atoms with Crippen LogP contribution < -0.4 is 10.0 Å². The number of fused-ring (bicyclic) bond motifs is 1. The Labute approximate surface area is 123 Å². The highest BCUT2D eigenvalue weighted by atomic mass is 32.2. The Morgan fingerprint density at radius 3 is 2.85 bits per heavy atom. The van der Waals surface area contributed by atoms with E-state index in [1.54, 1.807) is 0 Å². The third-order valence-electron chi connectivity index (χ3n) is 3.72. The number of aryl methyl sites for hydroxylation is 2. The van der Waals surface area contributed by atoms with Crippen molar-refractivity contribution in [3.05, 3.63) is 10.6 Å². The first-order valence-electron chi connectivity index (χ1n) is 7.04. The molecule has 2 heterocycles. The number of hydrogen-bond acceptors (Lipinski definition) is 6. The fraction of sp³-hybridized carbons (Fsp3) is 0.750. The lowest BCUT2D eigenvalue weighted by atomic mass is 10.4. The van der Waals surface area contributed by atoms with Gasteiger partial charge in [0, 0.05) is 37.6 Å². The lowest BCUT2D eigenvalue weighted by Gasteiger charge is -2.26. The van der Waals surface area contributed by atoms with Crippen LogP contribution >= 0.6 is 11.3 Å². The van der Waals surface area contributed by atoms with Crippen LogP contribution in [0.4, 0.5) is 5.13 Å². The summed E-state index contributed by atoms with van der Waals surface area (Å²) in [6.45, 7) is 4.30. The highest BCUT2D eigenvalue weighted by Crippen LogP contribution is 2.30. The Hall–Kier alpha value is -0.700. The van der Waals surface area contributed by atoms with Gasteiger partial charge in [0.05, 0.1) is 11.4 Å². The highest BCUT2D eigenvalue weighted by molar-refractivity contribution is 7.92. The molecular weight excluding hydrogens is 296 g/mol. The molecule has 0 unspecified atom stereocenters. The first-order chi connectivity index (χ1) is 9.62. The van der Waals surface area contributed by atoms with E-state index in [0.29, 0.717) is 11.7 Å². The van der Waals surface area contributed by atoms with Gasteiger partial charge in [0.25, 0.3) is 0 Å². The number of aromatic nitrogens is 1. The molecule has 0 atom stereocenters. The summed E-state index contributed by atoms with van der Waals surface area (Å²) in [6.07, 6.45) is 3.16. The summed E-state index contributed by atoms with van der Waals surface area (Å²) < 4.78 is 26.8. The average Bonchev–Trinajstić information content (AvgIpc) is 2.98. The molecule has 2 N–H and O–H groups in total. The third kappa shape index (κ3) is 3.49. The Kier molecular flexibility index (Phi) is 4.25. The van der Waals surface area contributed by atoms with Crippen LogP contribution in [0.3, 0.4) is 0 Å². The van der Waals surface area contributed by atoms with Crippen LogP contribution in [0.25, 0.3) is 0 Å². The maximum absolute atomic E-state index is 12.1. The average molecular weight is 316 g/mol. The van der Waals surface area contributed by atoms with Crippen molar-refractivity contribution in [1.29, 1.82) is 0 Å². The minimum Gasteiger partial charge on any atom is -0.314 e. The molecule has 1 aliphatic carbocycles. The summed E-state index contributed by atoms with van der Waals surface area (Å²) in [4.78, 5) is 7.79. The molecule has 0 saturated carbocycles. The molecule has 0 spiro atoms. The number of piperazine rings is 1. The van der Waals surface area contributed by atoms with E-state index >= 15 is 0 Å². The Bertz CT molecular complexity index is 543. The summed E-state index contributed by atoms with van der Waals surface area (Å²) >= 11 is 1.49. The topological polar surface area (TPSA) is 74.3 Å². The van der Waals surface area contributed by atoms with E-state index in [-0.39, 0.29) is 5.75 Å². The van der Waals surface area contributed by atoms with Crippen molar-refractivity contribution >= 4 is 26.5 Å². The second-order valence-corrected chi connectivity index (χ2v) is 8.18. The van der Waals surface area contributed by atoms with Gasteiger partial charge in [0.1, 0.15) is 0 Å². The molecule has 1 aromatic rings. The van der Waals surface area contributed by atoms with Gasteiger partial charge < -0.3 is 5.32 Å². The predicted molar refractivity (Wildman–Crippen MR) is 80.9 cm³/mol. The van der Waals surface area contributed by atoms with Gasteiger partial charge in [-0.3, -0.25) is 9.62 Å². The van der Waals surface area contributed by atoms with Crippen molar-refractivity contribution in [2.75, 3.05) is 43.2 Å². The van der Waals surface area contributed by atoms with E-state index in [1.165, 1.54) is 16.2 Å². The van der Waals surface area contributed by atoms with Crippen molar-refractivity contribution in [1.82, 2.24) is 15.2 Å². The van der Waals surface area contributed by atoms with Crippen molar-refractivity contribution in [3.63, 3.8) is 0 Å². The van der Waals surface area contributed by atoms with Gasteiger partial charge >= 0.3 is 0 Å². The van der Waals surface area contributed by atoms with Crippen LogP contribution in [0.1, 0.15) is 17.0 Å². The first-order valence-corrected chi connectivity index (χ1v) is 9.51. The predicted octanol–water partition coefficient (Wildman–Crippen LogP) is 0.279. The SMILES string of the molecule is O=S(=O)(CCN1CCNCC1)Nc1nc2c(s1)CCC2. The maximum Gasteiger partial charge on any atom is 0.235 e. The van der Waals surface area contributed by atoms with E-state index in [1.807, 2.05) is 0 Å². The fourth-order valence-electron chi connectivity index (χ4n) is 2.60. The largest absolute Gasteiger partial charge is 0.314 e. The molecule has 0 radical (unpaired) electrons. The Morgan fingerprint density at radius 2 is 2.10 bits per heavy atom. The third-order valence-corrected chi connectivity index (χ3v) is 6.15. The van der Waals surface area contributed by atoms with Crippen LogP contribution in [0.2, 0.25) is 0 Å². The zero-order chi connectivity index (χ0) is 14.0. The van der Waals surface area contributed by atoms with Gasteiger partial charge in [-0.25, -0.2) is 13.4 Å². The Balaban J connectivity index is 1.54. The van der Waals surface area contributed by atoms with Gasteiger partial charge in [0.15, 0.2) is 5.13 Å². The molecular formula is C12H20N4O2S2. The van der Waals surface area contributed by atoms with Crippen LogP contribution in [0.15, 0.2) is 0 Å². The molecule has 112 valence electrons. The quantitative estimate of drug-likeness (QED) is 0.816. The molecule has 1 saturated heterocycles. The molecule has 20 heavy (non-hydrogen) atoms. The van der Waals surface area contributed by atoms with Gasteiger partial charge in [-0.05, 0) is 19.3 Å². The second kappa shape index (κ2) is 5.97. The van der Waals surface area contributed by atoms with Crippen LogP contribution in [0.5, 0.6) is 0 Å². The zero-order valence-electron chi connectivity index (χ0n) is 11.4. The Morgan fingerprint density at radius 1 is 1.30 bits per heavy atom. The van der Waals surface area contributed by atoms with E-state index in [0.717, 1.165) is 51.1 Å². The highest BCUT2D eigenvalue weighted by Gasteiger charge is 2.20. The minimum atomic E-state index is -3.29. The number of anilines is 1. The molecule has 3 rings (SSSR count). The number of nitrogens with zero attached hydrogens (tertiary/aromatic N) is 2. The lowest BCUT2D eigenvalue weighted by Crippen LogP contribution is -2.45. The molecule has 0 bridgehead atoms. The van der Waals surface area contributed by atoms with E-state index in [9.17, 15) is 8.42 Å². The molecule has 0 amide bonds. The van der Waals surface area contributed by atoms with E-state index in [4.69, 9.17) is 0 Å². The number of rotatable bonds is 5. The second-order valence-electron chi connectivity index (χ2n) is 5.26. The standard InChI is InChI=1S/C12H20N4O2S2/c17-20(18,9-8-16-6-4-13-5-7-16)15-12-14-10-2-1-3-11(10)19-12/h13H,1-9H2,(H,14,15). The molecule has 8 heteroatoms. The minimum absolute atomic E-state index is 0.136. The lowest BCUT2D eigenvalue weighted by molar-refractivity contribution is 0.254.